The van der Waals surface area contributed by atoms with Crippen molar-refractivity contribution >= 4 is 28.4 Å². The van der Waals surface area contributed by atoms with Crippen molar-refractivity contribution in [3.8, 4) is 5.75 Å². The summed E-state index contributed by atoms with van der Waals surface area (Å²) in [6.45, 7) is 2.54. The number of rotatable bonds is 5. The molecule has 0 bridgehead atoms. The van der Waals surface area contributed by atoms with Crippen LogP contribution in [0.4, 0.5) is 0 Å². The number of halogens is 1. The third kappa shape index (κ3) is 3.91. The number of hydrogen-bond donors (Lipinski definition) is 0. The maximum Gasteiger partial charge on any atom is 0.260 e. The highest BCUT2D eigenvalue weighted by Gasteiger charge is 2.13. The molecule has 0 radical (unpaired) electrons. The molecule has 4 nitrogen and oxygen atoms in total. The van der Waals surface area contributed by atoms with E-state index in [1.807, 2.05) is 43.3 Å². The van der Waals surface area contributed by atoms with Crippen LogP contribution < -0.4 is 4.74 Å². The van der Waals surface area contributed by atoms with Crippen molar-refractivity contribution in [1.82, 2.24) is 9.88 Å². The number of aromatic nitrogens is 1. The fourth-order valence-electron chi connectivity index (χ4n) is 2.61. The summed E-state index contributed by atoms with van der Waals surface area (Å²) >= 11 is 6.18. The standard InChI is InChI=1S/C20H19ClN2O2/c1-14-6-3-4-7-15(14)12-23(2)19(24)13-25-18-10-9-17(21)16-8-5-11-22-20(16)18/h3-11H,12-13H2,1-2H3. The monoisotopic (exact) mass is 354 g/mol. The summed E-state index contributed by atoms with van der Waals surface area (Å²) in [5.41, 5.74) is 2.94. The number of aryl methyl sites for hydroxylation is 1. The highest BCUT2D eigenvalue weighted by Crippen LogP contribution is 2.29. The highest BCUT2D eigenvalue weighted by atomic mass is 35.5. The van der Waals surface area contributed by atoms with Crippen molar-refractivity contribution in [2.45, 2.75) is 13.5 Å². The minimum atomic E-state index is -0.0951. The molecule has 5 heteroatoms. The summed E-state index contributed by atoms with van der Waals surface area (Å²) < 4.78 is 5.71. The van der Waals surface area contributed by atoms with Gasteiger partial charge in [0.1, 0.15) is 11.3 Å². The van der Waals surface area contributed by atoms with Gasteiger partial charge in [0.2, 0.25) is 0 Å². The normalized spacial score (nSPS) is 10.7. The lowest BCUT2D eigenvalue weighted by Crippen LogP contribution is -2.31. The van der Waals surface area contributed by atoms with Gasteiger partial charge in [0.25, 0.3) is 5.91 Å². The Labute approximate surface area is 152 Å². The smallest absolute Gasteiger partial charge is 0.260 e. The van der Waals surface area contributed by atoms with Crippen LogP contribution in [0.5, 0.6) is 5.75 Å². The van der Waals surface area contributed by atoms with Crippen LogP contribution in [0.2, 0.25) is 5.02 Å². The number of ether oxygens (including phenoxy) is 1. The van der Waals surface area contributed by atoms with Crippen molar-refractivity contribution in [3.63, 3.8) is 0 Å². The molecular weight excluding hydrogens is 336 g/mol. The van der Waals surface area contributed by atoms with Crippen LogP contribution in [0.1, 0.15) is 11.1 Å². The van der Waals surface area contributed by atoms with Gasteiger partial charge in [-0.2, -0.15) is 0 Å². The van der Waals surface area contributed by atoms with Crippen LogP contribution in [-0.4, -0.2) is 29.4 Å². The average Bonchev–Trinajstić information content (AvgIpc) is 2.63. The second-order valence-corrected chi connectivity index (χ2v) is 6.32. The highest BCUT2D eigenvalue weighted by molar-refractivity contribution is 6.35. The summed E-state index contributed by atoms with van der Waals surface area (Å²) in [5.74, 6) is 0.458. The van der Waals surface area contributed by atoms with Crippen molar-refractivity contribution in [1.29, 1.82) is 0 Å². The molecule has 0 saturated carbocycles. The molecule has 3 rings (SSSR count). The molecule has 0 saturated heterocycles. The molecule has 128 valence electrons. The molecule has 0 aliphatic heterocycles. The van der Waals surface area contributed by atoms with Crippen molar-refractivity contribution in [3.05, 3.63) is 70.9 Å². The minimum absolute atomic E-state index is 0.0459. The first-order chi connectivity index (χ1) is 12.1. The molecular formula is C20H19ClN2O2. The number of fused-ring (bicyclic) bond motifs is 1. The van der Waals surface area contributed by atoms with Gasteiger partial charge in [0.15, 0.2) is 6.61 Å². The number of carbonyl (C=O) groups excluding carboxylic acids is 1. The predicted molar refractivity (Wildman–Crippen MR) is 99.9 cm³/mol. The zero-order valence-corrected chi connectivity index (χ0v) is 15.0. The lowest BCUT2D eigenvalue weighted by molar-refractivity contribution is -0.132. The first-order valence-electron chi connectivity index (χ1n) is 8.01. The van der Waals surface area contributed by atoms with E-state index in [0.29, 0.717) is 22.8 Å². The zero-order valence-electron chi connectivity index (χ0n) is 14.2. The number of benzene rings is 2. The molecule has 0 aliphatic carbocycles. The number of pyridine rings is 1. The summed E-state index contributed by atoms with van der Waals surface area (Å²) in [4.78, 5) is 18.4. The first kappa shape index (κ1) is 17.2. The second-order valence-electron chi connectivity index (χ2n) is 5.91. The fourth-order valence-corrected chi connectivity index (χ4v) is 2.82. The minimum Gasteiger partial charge on any atom is -0.481 e. The average molecular weight is 355 g/mol. The molecule has 0 unspecified atom stereocenters. The van der Waals surface area contributed by atoms with E-state index < -0.39 is 0 Å². The van der Waals surface area contributed by atoms with E-state index in [-0.39, 0.29) is 12.5 Å². The number of carbonyl (C=O) groups is 1. The Balaban J connectivity index is 1.68. The van der Waals surface area contributed by atoms with Crippen LogP contribution in [0.15, 0.2) is 54.7 Å². The molecule has 25 heavy (non-hydrogen) atoms. The van der Waals surface area contributed by atoms with Crippen LogP contribution in [-0.2, 0) is 11.3 Å². The Bertz CT molecular complexity index is 911. The first-order valence-corrected chi connectivity index (χ1v) is 8.38. The van der Waals surface area contributed by atoms with Crippen LogP contribution in [0.25, 0.3) is 10.9 Å². The van der Waals surface area contributed by atoms with Crippen molar-refractivity contribution in [2.24, 2.45) is 0 Å². The predicted octanol–water partition coefficient (Wildman–Crippen LogP) is 4.23. The van der Waals surface area contributed by atoms with Crippen molar-refractivity contribution < 1.29 is 9.53 Å². The quantitative estimate of drug-likeness (QED) is 0.688. The molecule has 2 aromatic carbocycles. The SMILES string of the molecule is Cc1ccccc1CN(C)C(=O)COc1ccc(Cl)c2cccnc12. The van der Waals surface area contributed by atoms with Gasteiger partial charge < -0.3 is 9.64 Å². The summed E-state index contributed by atoms with van der Waals surface area (Å²) in [6.07, 6.45) is 1.68. The molecule has 0 spiro atoms. The maximum absolute atomic E-state index is 12.4. The molecule has 1 heterocycles. The lowest BCUT2D eigenvalue weighted by atomic mass is 10.1. The van der Waals surface area contributed by atoms with Crippen LogP contribution in [0.3, 0.4) is 0 Å². The lowest BCUT2D eigenvalue weighted by Gasteiger charge is -2.19. The maximum atomic E-state index is 12.4. The van der Waals surface area contributed by atoms with E-state index >= 15 is 0 Å². The summed E-state index contributed by atoms with van der Waals surface area (Å²) in [6, 6.07) is 15.2. The van der Waals surface area contributed by atoms with E-state index in [4.69, 9.17) is 16.3 Å². The zero-order chi connectivity index (χ0) is 17.8. The number of likely N-dealkylation sites (N-methyl/N-ethyl adjacent to an activating group) is 1. The fraction of sp³-hybridized carbons (Fsp3) is 0.200. The Morgan fingerprint density at radius 1 is 1.16 bits per heavy atom. The van der Waals surface area contributed by atoms with Gasteiger partial charge >= 0.3 is 0 Å². The van der Waals surface area contributed by atoms with Gasteiger partial charge in [-0.25, -0.2) is 0 Å². The Hall–Kier alpha value is -2.59. The van der Waals surface area contributed by atoms with Crippen molar-refractivity contribution in [2.75, 3.05) is 13.7 Å². The summed E-state index contributed by atoms with van der Waals surface area (Å²) in [7, 11) is 1.77. The van der Waals surface area contributed by atoms with Gasteiger partial charge in [0, 0.05) is 25.2 Å². The Morgan fingerprint density at radius 2 is 1.96 bits per heavy atom. The topological polar surface area (TPSA) is 42.4 Å². The second kappa shape index (κ2) is 7.53. The molecule has 0 N–H and O–H groups in total. The van der Waals surface area contributed by atoms with Gasteiger partial charge in [-0.1, -0.05) is 35.9 Å². The third-order valence-electron chi connectivity index (χ3n) is 4.13. The van der Waals surface area contributed by atoms with E-state index in [1.165, 1.54) is 0 Å². The number of nitrogens with zero attached hydrogens (tertiary/aromatic N) is 2. The summed E-state index contributed by atoms with van der Waals surface area (Å²) in [5, 5.41) is 1.42. The Kier molecular flexibility index (Phi) is 5.19. The molecule has 0 fully saturated rings. The number of amides is 1. The van der Waals surface area contributed by atoms with E-state index in [0.717, 1.165) is 16.5 Å². The number of hydrogen-bond acceptors (Lipinski definition) is 3. The van der Waals surface area contributed by atoms with E-state index in [2.05, 4.69) is 4.98 Å². The van der Waals surface area contributed by atoms with Gasteiger partial charge in [0.05, 0.1) is 5.02 Å². The van der Waals surface area contributed by atoms with Gasteiger partial charge in [-0.05, 0) is 42.3 Å². The third-order valence-corrected chi connectivity index (χ3v) is 4.45. The molecule has 0 aliphatic rings. The van der Waals surface area contributed by atoms with E-state index in [1.54, 1.807) is 30.3 Å². The molecule has 1 aromatic heterocycles. The molecule has 1 amide bonds. The molecule has 0 atom stereocenters. The van der Waals surface area contributed by atoms with Crippen LogP contribution in [0, 0.1) is 6.92 Å². The largest absolute Gasteiger partial charge is 0.481 e. The Morgan fingerprint density at radius 3 is 2.76 bits per heavy atom. The van der Waals surface area contributed by atoms with Crippen LogP contribution >= 0.6 is 11.6 Å². The van der Waals surface area contributed by atoms with E-state index in [9.17, 15) is 4.79 Å². The van der Waals surface area contributed by atoms with Gasteiger partial charge in [-0.3, -0.25) is 9.78 Å². The van der Waals surface area contributed by atoms with Gasteiger partial charge in [-0.15, -0.1) is 0 Å². The molecule has 3 aromatic rings.